The van der Waals surface area contributed by atoms with Crippen LogP contribution in [-0.2, 0) is 17.9 Å². The summed E-state index contributed by atoms with van der Waals surface area (Å²) in [5.74, 6) is -0.0808. The molecule has 0 bridgehead atoms. The van der Waals surface area contributed by atoms with Crippen LogP contribution in [0.15, 0.2) is 36.1 Å². The summed E-state index contributed by atoms with van der Waals surface area (Å²) in [6.45, 7) is 2.65. The monoisotopic (exact) mass is 371 g/mol. The fourth-order valence-electron chi connectivity index (χ4n) is 3.81. The number of likely N-dealkylation sites (N-methyl/N-ethyl adjacent to an activating group) is 1. The molecule has 2 aromatic rings. The summed E-state index contributed by atoms with van der Waals surface area (Å²) in [4.78, 5) is 39.6. The van der Waals surface area contributed by atoms with Gasteiger partial charge in [-0.05, 0) is 24.5 Å². The molecule has 0 N–H and O–H groups in total. The zero-order valence-electron chi connectivity index (χ0n) is 14.7. The Balaban J connectivity index is 1.46. The van der Waals surface area contributed by atoms with E-state index in [9.17, 15) is 9.59 Å². The molecule has 26 heavy (non-hydrogen) atoms. The van der Waals surface area contributed by atoms with E-state index in [4.69, 9.17) is 0 Å². The van der Waals surface area contributed by atoms with Crippen LogP contribution in [0.3, 0.4) is 0 Å². The molecule has 1 spiro atoms. The number of nitrogens with zero attached hydrogens (tertiary/aromatic N) is 5. The molecule has 2 aliphatic rings. The summed E-state index contributed by atoms with van der Waals surface area (Å²) in [7, 11) is 1.75. The molecule has 7 nitrogen and oxygen atoms in total. The van der Waals surface area contributed by atoms with E-state index in [1.54, 1.807) is 35.7 Å². The molecule has 8 heteroatoms. The number of carbonyl (C=O) groups excluding carboxylic acids is 2. The molecule has 0 unspecified atom stereocenters. The van der Waals surface area contributed by atoms with E-state index < -0.39 is 5.54 Å². The third-order valence-electron chi connectivity index (χ3n) is 5.39. The SMILES string of the molecule is CN1C(=O)N(Cc2cccnc2)C(=O)C12CCN(Cc1nccs1)CC2. The predicted molar refractivity (Wildman–Crippen MR) is 97.3 cm³/mol. The molecule has 0 radical (unpaired) electrons. The largest absolute Gasteiger partial charge is 0.327 e. The molecule has 0 aliphatic carbocycles. The number of pyridine rings is 1. The van der Waals surface area contributed by atoms with Crippen LogP contribution in [0.4, 0.5) is 4.79 Å². The maximum absolute atomic E-state index is 13.1. The van der Waals surface area contributed by atoms with Crippen LogP contribution >= 0.6 is 11.3 Å². The van der Waals surface area contributed by atoms with Gasteiger partial charge in [0.15, 0.2) is 0 Å². The molecule has 2 aliphatic heterocycles. The van der Waals surface area contributed by atoms with Gasteiger partial charge in [0.1, 0.15) is 10.5 Å². The molecule has 4 rings (SSSR count). The van der Waals surface area contributed by atoms with Crippen molar-refractivity contribution in [1.29, 1.82) is 0 Å². The molecule has 2 aromatic heterocycles. The Kier molecular flexibility index (Phi) is 4.46. The van der Waals surface area contributed by atoms with E-state index in [-0.39, 0.29) is 18.5 Å². The molecular weight excluding hydrogens is 350 g/mol. The van der Waals surface area contributed by atoms with Crippen molar-refractivity contribution in [1.82, 2.24) is 24.7 Å². The van der Waals surface area contributed by atoms with Crippen LogP contribution in [0.25, 0.3) is 0 Å². The number of piperidine rings is 1. The normalized spacial score (nSPS) is 20.3. The molecule has 3 amide bonds. The first-order valence-electron chi connectivity index (χ1n) is 8.69. The minimum absolute atomic E-state index is 0.0808. The van der Waals surface area contributed by atoms with E-state index in [2.05, 4.69) is 14.9 Å². The van der Waals surface area contributed by atoms with Crippen molar-refractivity contribution < 1.29 is 9.59 Å². The Morgan fingerprint density at radius 3 is 2.65 bits per heavy atom. The van der Waals surface area contributed by atoms with Crippen molar-refractivity contribution in [2.75, 3.05) is 20.1 Å². The lowest BCUT2D eigenvalue weighted by atomic mass is 9.86. The number of hydrogen-bond acceptors (Lipinski definition) is 6. The smallest absolute Gasteiger partial charge is 0.312 e. The summed E-state index contributed by atoms with van der Waals surface area (Å²) in [5, 5.41) is 3.06. The van der Waals surface area contributed by atoms with Crippen LogP contribution in [-0.4, -0.2) is 62.3 Å². The summed E-state index contributed by atoms with van der Waals surface area (Å²) in [5.41, 5.74) is 0.152. The Hall–Kier alpha value is -2.32. The van der Waals surface area contributed by atoms with Crippen molar-refractivity contribution in [3.05, 3.63) is 46.7 Å². The van der Waals surface area contributed by atoms with Gasteiger partial charge in [0, 0.05) is 44.1 Å². The third kappa shape index (κ3) is 2.89. The molecule has 0 aromatic carbocycles. The number of urea groups is 1. The lowest BCUT2D eigenvalue weighted by Gasteiger charge is -2.40. The van der Waals surface area contributed by atoms with Crippen molar-refractivity contribution in [2.45, 2.75) is 31.5 Å². The third-order valence-corrected chi connectivity index (χ3v) is 6.16. The Morgan fingerprint density at radius 2 is 2.00 bits per heavy atom. The maximum atomic E-state index is 13.1. The van der Waals surface area contributed by atoms with Gasteiger partial charge in [0.05, 0.1) is 13.1 Å². The lowest BCUT2D eigenvalue weighted by Crippen LogP contribution is -2.55. The van der Waals surface area contributed by atoms with Crippen molar-refractivity contribution in [3.63, 3.8) is 0 Å². The van der Waals surface area contributed by atoms with Gasteiger partial charge in [-0.25, -0.2) is 9.78 Å². The number of carbonyl (C=O) groups is 2. The summed E-state index contributed by atoms with van der Waals surface area (Å²) in [6, 6.07) is 3.48. The van der Waals surface area contributed by atoms with Gasteiger partial charge in [-0.15, -0.1) is 11.3 Å². The average Bonchev–Trinajstić information content (AvgIpc) is 3.23. The quantitative estimate of drug-likeness (QED) is 0.769. The number of likely N-dealkylation sites (tertiary alicyclic amines) is 1. The first-order chi connectivity index (χ1) is 12.6. The fraction of sp³-hybridized carbons (Fsp3) is 0.444. The van der Waals surface area contributed by atoms with Crippen molar-refractivity contribution in [3.8, 4) is 0 Å². The first kappa shape index (κ1) is 17.1. The van der Waals surface area contributed by atoms with Gasteiger partial charge in [0.2, 0.25) is 0 Å². The van der Waals surface area contributed by atoms with E-state index in [1.807, 2.05) is 23.7 Å². The van der Waals surface area contributed by atoms with E-state index >= 15 is 0 Å². The molecule has 2 fully saturated rings. The molecule has 0 atom stereocenters. The molecule has 2 saturated heterocycles. The van der Waals surface area contributed by atoms with E-state index in [0.717, 1.165) is 30.2 Å². The highest BCUT2D eigenvalue weighted by Crippen LogP contribution is 2.37. The molecule has 136 valence electrons. The van der Waals surface area contributed by atoms with Gasteiger partial charge >= 0.3 is 6.03 Å². The highest BCUT2D eigenvalue weighted by atomic mass is 32.1. The number of thiazole rings is 1. The minimum atomic E-state index is -0.710. The highest BCUT2D eigenvalue weighted by molar-refractivity contribution is 7.09. The minimum Gasteiger partial charge on any atom is -0.312 e. The standard InChI is InChI=1S/C18H21N5O2S/c1-21-17(25)23(12-14-3-2-6-19-11-14)16(24)18(21)4-8-22(9-5-18)13-15-20-7-10-26-15/h2-3,6-7,10-11H,4-5,8-9,12-13H2,1H3. The second kappa shape index (κ2) is 6.77. The van der Waals surface area contributed by atoms with Crippen LogP contribution < -0.4 is 0 Å². The Morgan fingerprint density at radius 1 is 1.19 bits per heavy atom. The van der Waals surface area contributed by atoms with Crippen LogP contribution in [0, 0.1) is 0 Å². The van der Waals surface area contributed by atoms with Gasteiger partial charge < -0.3 is 4.90 Å². The van der Waals surface area contributed by atoms with Crippen molar-refractivity contribution >= 4 is 23.3 Å². The second-order valence-electron chi connectivity index (χ2n) is 6.83. The first-order valence-corrected chi connectivity index (χ1v) is 9.57. The maximum Gasteiger partial charge on any atom is 0.327 e. The number of rotatable bonds is 4. The van der Waals surface area contributed by atoms with E-state index in [0.29, 0.717) is 12.8 Å². The average molecular weight is 371 g/mol. The van der Waals surface area contributed by atoms with Gasteiger partial charge in [-0.2, -0.15) is 0 Å². The highest BCUT2D eigenvalue weighted by Gasteiger charge is 2.56. The number of imide groups is 1. The lowest BCUT2D eigenvalue weighted by molar-refractivity contribution is -0.135. The number of hydrogen-bond donors (Lipinski definition) is 0. The molecule has 4 heterocycles. The fourth-order valence-corrected chi connectivity index (χ4v) is 4.47. The number of aromatic nitrogens is 2. The number of amides is 3. The summed E-state index contributed by atoms with van der Waals surface area (Å²) in [6.07, 6.45) is 6.51. The van der Waals surface area contributed by atoms with Crippen LogP contribution in [0.2, 0.25) is 0 Å². The molecular formula is C18H21N5O2S. The zero-order valence-corrected chi connectivity index (χ0v) is 15.5. The van der Waals surface area contributed by atoms with Gasteiger partial charge in [-0.3, -0.25) is 19.6 Å². The Bertz CT molecular complexity index is 787. The second-order valence-corrected chi connectivity index (χ2v) is 7.81. The van der Waals surface area contributed by atoms with Gasteiger partial charge in [-0.1, -0.05) is 6.07 Å². The summed E-state index contributed by atoms with van der Waals surface area (Å²) >= 11 is 1.65. The van der Waals surface area contributed by atoms with Crippen molar-refractivity contribution in [2.24, 2.45) is 0 Å². The van der Waals surface area contributed by atoms with Crippen LogP contribution in [0.1, 0.15) is 23.4 Å². The molecule has 0 saturated carbocycles. The Labute approximate surface area is 156 Å². The van der Waals surface area contributed by atoms with E-state index in [1.165, 1.54) is 4.90 Å². The summed E-state index contributed by atoms with van der Waals surface area (Å²) < 4.78 is 0. The van der Waals surface area contributed by atoms with Gasteiger partial charge in [0.25, 0.3) is 5.91 Å². The topological polar surface area (TPSA) is 69.6 Å². The van der Waals surface area contributed by atoms with Crippen LogP contribution in [0.5, 0.6) is 0 Å². The zero-order chi connectivity index (χ0) is 18.1. The predicted octanol–water partition coefficient (Wildman–Crippen LogP) is 1.97.